The predicted molar refractivity (Wildman–Crippen MR) is 245 cm³/mol. The van der Waals surface area contributed by atoms with Gasteiger partial charge >= 0.3 is 0 Å². The van der Waals surface area contributed by atoms with Gasteiger partial charge in [0.15, 0.2) is 0 Å². The van der Waals surface area contributed by atoms with Crippen molar-refractivity contribution < 1.29 is 8.83 Å². The van der Waals surface area contributed by atoms with E-state index in [4.69, 9.17) is 8.83 Å². The largest absolute Gasteiger partial charge is 0.456 e. The van der Waals surface area contributed by atoms with Gasteiger partial charge in [0.1, 0.15) is 22.3 Å². The van der Waals surface area contributed by atoms with Crippen LogP contribution in [0.15, 0.2) is 203 Å². The topological polar surface area (TPSA) is 29.5 Å². The summed E-state index contributed by atoms with van der Waals surface area (Å²) >= 11 is 1.88. The average Bonchev–Trinajstić information content (AvgIpc) is 3.98. The van der Waals surface area contributed by atoms with Crippen molar-refractivity contribution in [1.82, 2.24) is 0 Å². The molecule has 274 valence electrons. The van der Waals surface area contributed by atoms with Gasteiger partial charge in [-0.3, -0.25) is 0 Å². The maximum absolute atomic E-state index is 6.89. The minimum absolute atomic E-state index is 0.872. The van der Waals surface area contributed by atoms with Gasteiger partial charge in [0.2, 0.25) is 0 Å². The molecule has 58 heavy (non-hydrogen) atoms. The Kier molecular flexibility index (Phi) is 7.54. The maximum Gasteiger partial charge on any atom is 0.144 e. The van der Waals surface area contributed by atoms with Gasteiger partial charge in [-0.2, -0.15) is 0 Å². The molecule has 1 aliphatic rings. The highest BCUT2D eigenvalue weighted by molar-refractivity contribution is 7.26. The molecule has 0 fully saturated rings. The Morgan fingerprint density at radius 1 is 0.448 bits per heavy atom. The molecule has 3 aromatic heterocycles. The van der Waals surface area contributed by atoms with Gasteiger partial charge in [0.25, 0.3) is 0 Å². The van der Waals surface area contributed by atoms with Crippen LogP contribution in [0.2, 0.25) is 0 Å². The smallest absolute Gasteiger partial charge is 0.144 e. The number of hydrogen-bond acceptors (Lipinski definition) is 4. The van der Waals surface area contributed by atoms with Crippen LogP contribution in [0.25, 0.3) is 91.9 Å². The van der Waals surface area contributed by atoms with E-state index in [1.165, 1.54) is 53.8 Å². The molecule has 0 radical (unpaired) electrons. The van der Waals surface area contributed by atoms with Gasteiger partial charge in [-0.15, -0.1) is 11.3 Å². The normalized spacial score (nSPS) is 13.2. The Labute approximate surface area is 339 Å². The number of nitrogens with zero attached hydrogens (tertiary/aromatic N) is 1. The molecule has 12 rings (SSSR count). The second-order valence-corrected chi connectivity index (χ2v) is 16.2. The lowest BCUT2D eigenvalue weighted by Gasteiger charge is -2.30. The van der Waals surface area contributed by atoms with E-state index in [-0.39, 0.29) is 0 Å². The number of anilines is 2. The van der Waals surface area contributed by atoms with E-state index in [1.807, 2.05) is 23.5 Å². The summed E-state index contributed by atoms with van der Waals surface area (Å²) in [5.74, 6) is 0. The summed E-state index contributed by atoms with van der Waals surface area (Å²) in [6.45, 7) is 0. The molecule has 8 aromatic carbocycles. The standard InChI is InChI=1S/C54H35NO2S/c1-3-13-34(14-4-1)37-17-11-18-40(31-37)55(46-22-12-21-43-42-19-8-10-24-50(42)58-54(43)46)39-28-25-35(26-29-39)38-27-30-41-45-33-49-52(44-20-7-9-23-47(44)56-49)51(36-15-5-2-6-16-36)53(45)57-48(41)32-38/h1-25,27-28,30-33H,26,29H2. The molecular formula is C54H35NO2S. The first-order chi connectivity index (χ1) is 28.7. The average molecular weight is 762 g/mol. The molecule has 3 heterocycles. The molecule has 0 aliphatic heterocycles. The first-order valence-corrected chi connectivity index (χ1v) is 20.7. The van der Waals surface area contributed by atoms with E-state index < -0.39 is 0 Å². The van der Waals surface area contributed by atoms with Crippen molar-refractivity contribution in [1.29, 1.82) is 0 Å². The third kappa shape index (κ3) is 5.26. The fourth-order valence-corrected chi connectivity index (χ4v) is 10.3. The minimum atomic E-state index is 0.872. The fraction of sp³-hybridized carbons (Fsp3) is 0.0370. The van der Waals surface area contributed by atoms with Crippen molar-refractivity contribution in [2.24, 2.45) is 0 Å². The molecule has 0 bridgehead atoms. The molecule has 0 amide bonds. The number of fused-ring (bicyclic) bond motifs is 9. The second kappa shape index (κ2) is 13.2. The molecule has 3 nitrogen and oxygen atoms in total. The molecule has 0 saturated carbocycles. The van der Waals surface area contributed by atoms with Crippen molar-refractivity contribution in [2.45, 2.75) is 12.8 Å². The number of benzene rings is 8. The van der Waals surface area contributed by atoms with Crippen molar-refractivity contribution in [3.63, 3.8) is 0 Å². The van der Waals surface area contributed by atoms with Crippen LogP contribution in [-0.4, -0.2) is 0 Å². The highest BCUT2D eigenvalue weighted by Gasteiger charge is 2.24. The summed E-state index contributed by atoms with van der Waals surface area (Å²) in [6, 6.07) is 62.9. The Balaban J connectivity index is 0.989. The van der Waals surface area contributed by atoms with E-state index in [1.54, 1.807) is 0 Å². The predicted octanol–water partition coefficient (Wildman–Crippen LogP) is 16.1. The van der Waals surface area contributed by atoms with Crippen LogP contribution in [0.3, 0.4) is 0 Å². The number of hydrogen-bond donors (Lipinski definition) is 0. The minimum Gasteiger partial charge on any atom is -0.456 e. The quantitative estimate of drug-likeness (QED) is 0.169. The number of rotatable bonds is 6. The monoisotopic (exact) mass is 761 g/mol. The summed E-state index contributed by atoms with van der Waals surface area (Å²) in [4.78, 5) is 2.49. The van der Waals surface area contributed by atoms with E-state index in [0.29, 0.717) is 0 Å². The maximum atomic E-state index is 6.89. The zero-order chi connectivity index (χ0) is 38.2. The molecule has 1 aliphatic carbocycles. The molecule has 0 atom stereocenters. The fourth-order valence-electron chi connectivity index (χ4n) is 9.07. The van der Waals surface area contributed by atoms with Crippen LogP contribution in [0, 0.1) is 0 Å². The van der Waals surface area contributed by atoms with Crippen LogP contribution in [-0.2, 0) is 0 Å². The third-order valence-corrected chi connectivity index (χ3v) is 13.0. The summed E-state index contributed by atoms with van der Waals surface area (Å²) in [5.41, 5.74) is 14.2. The van der Waals surface area contributed by atoms with E-state index in [9.17, 15) is 0 Å². The molecule has 0 spiro atoms. The number of thiophene rings is 1. The van der Waals surface area contributed by atoms with Gasteiger partial charge in [0, 0.05) is 54.0 Å². The Hall–Kier alpha value is -7.14. The zero-order valence-electron chi connectivity index (χ0n) is 31.5. The van der Waals surface area contributed by atoms with Gasteiger partial charge in [-0.1, -0.05) is 133 Å². The van der Waals surface area contributed by atoms with Crippen LogP contribution in [0.1, 0.15) is 18.4 Å². The van der Waals surface area contributed by atoms with Gasteiger partial charge in [-0.05, 0) is 95.3 Å². The third-order valence-electron chi connectivity index (χ3n) is 11.8. The van der Waals surface area contributed by atoms with Gasteiger partial charge in [-0.25, -0.2) is 0 Å². The van der Waals surface area contributed by atoms with Crippen molar-refractivity contribution >= 4 is 92.3 Å². The van der Waals surface area contributed by atoms with Crippen LogP contribution in [0.5, 0.6) is 0 Å². The Morgan fingerprint density at radius 3 is 2.03 bits per heavy atom. The molecular weight excluding hydrogens is 727 g/mol. The molecule has 0 unspecified atom stereocenters. The first kappa shape index (κ1) is 33.0. The summed E-state index contributed by atoms with van der Waals surface area (Å²) in [6.07, 6.45) is 6.44. The van der Waals surface area contributed by atoms with E-state index in [0.717, 1.165) is 73.5 Å². The molecule has 0 saturated heterocycles. The summed E-state index contributed by atoms with van der Waals surface area (Å²) < 4.78 is 16.0. The van der Waals surface area contributed by atoms with Crippen LogP contribution >= 0.6 is 11.3 Å². The number of furan rings is 2. The van der Waals surface area contributed by atoms with Gasteiger partial charge in [0.05, 0.1) is 10.4 Å². The Bertz CT molecular complexity index is 3460. The van der Waals surface area contributed by atoms with Gasteiger partial charge < -0.3 is 13.7 Å². The summed E-state index contributed by atoms with van der Waals surface area (Å²) in [5, 5.41) is 6.94. The summed E-state index contributed by atoms with van der Waals surface area (Å²) in [7, 11) is 0. The lowest BCUT2D eigenvalue weighted by Crippen LogP contribution is -2.18. The van der Waals surface area contributed by atoms with Crippen molar-refractivity contribution in [3.8, 4) is 22.3 Å². The lowest BCUT2D eigenvalue weighted by atomic mass is 9.93. The zero-order valence-corrected chi connectivity index (χ0v) is 32.3. The van der Waals surface area contributed by atoms with Crippen molar-refractivity contribution in [3.05, 3.63) is 199 Å². The van der Waals surface area contributed by atoms with Crippen molar-refractivity contribution in [2.75, 3.05) is 4.90 Å². The molecule has 0 N–H and O–H groups in total. The molecule has 11 aromatic rings. The SMILES string of the molecule is C1=C(c2ccc3c(c2)oc2c(-c4ccccc4)c4c(cc23)oc2ccccc24)CCC(N(c2cccc(-c3ccccc3)c2)c2cccc3c2sc2ccccc23)=C1. The molecule has 4 heteroatoms. The van der Waals surface area contributed by atoms with Crippen LogP contribution < -0.4 is 4.90 Å². The highest BCUT2D eigenvalue weighted by Crippen LogP contribution is 2.47. The lowest BCUT2D eigenvalue weighted by molar-refractivity contribution is 0.664. The number of allylic oxidation sites excluding steroid dienone is 4. The second-order valence-electron chi connectivity index (χ2n) is 15.1. The number of para-hydroxylation sites is 1. The van der Waals surface area contributed by atoms with Crippen LogP contribution in [0.4, 0.5) is 11.4 Å². The Morgan fingerprint density at radius 2 is 1.19 bits per heavy atom. The van der Waals surface area contributed by atoms with E-state index >= 15 is 0 Å². The van der Waals surface area contributed by atoms with E-state index in [2.05, 4.69) is 181 Å². The highest BCUT2D eigenvalue weighted by atomic mass is 32.1. The first-order valence-electron chi connectivity index (χ1n) is 19.9.